The zero-order chi connectivity index (χ0) is 32.3. The first-order chi connectivity index (χ1) is 23.0. The Morgan fingerprint density at radius 3 is 2.55 bits per heavy atom. The summed E-state index contributed by atoms with van der Waals surface area (Å²) in [5.41, 5.74) is 3.82. The number of nitrogens with one attached hydrogen (secondary N) is 2. The Balaban J connectivity index is 1.14. The maximum Gasteiger partial charge on any atom is 0.341 e. The Morgan fingerprint density at radius 1 is 0.915 bits per heavy atom. The minimum atomic E-state index is -0.613. The first-order valence-electron chi connectivity index (χ1n) is 15.6. The summed E-state index contributed by atoms with van der Waals surface area (Å²) in [5.74, 6) is -0.655. The third-order valence-corrected chi connectivity index (χ3v) is 12.2. The molecule has 3 unspecified atom stereocenters. The van der Waals surface area contributed by atoms with E-state index < -0.39 is 11.2 Å². The van der Waals surface area contributed by atoms with Gasteiger partial charge in [-0.1, -0.05) is 72.8 Å². The van der Waals surface area contributed by atoms with E-state index in [0.717, 1.165) is 57.2 Å². The summed E-state index contributed by atoms with van der Waals surface area (Å²) in [6.45, 7) is 0. The Hall–Kier alpha value is -4.25. The number of carbonyl (C=O) groups excluding carboxylic acids is 3. The Morgan fingerprint density at radius 2 is 1.70 bits per heavy atom. The molecular formula is C37H33N3O4S3. The molecule has 238 valence electrons. The molecule has 0 spiro atoms. The number of benzene rings is 3. The zero-order valence-electron chi connectivity index (χ0n) is 25.7. The molecule has 3 atom stereocenters. The minimum absolute atomic E-state index is 0.110. The monoisotopic (exact) mass is 679 g/mol. The van der Waals surface area contributed by atoms with E-state index in [-0.39, 0.29) is 23.2 Å². The summed E-state index contributed by atoms with van der Waals surface area (Å²) in [5, 5.41) is 6.27. The molecule has 3 amide bonds. The summed E-state index contributed by atoms with van der Waals surface area (Å²) in [6.07, 6.45) is 12.0. The molecule has 2 heterocycles. The van der Waals surface area contributed by atoms with Crippen molar-refractivity contribution in [2.24, 2.45) is 0 Å². The normalized spacial score (nSPS) is 18.4. The van der Waals surface area contributed by atoms with Crippen molar-refractivity contribution in [3.8, 4) is 0 Å². The number of hydrogen-bond donors (Lipinski definition) is 2. The van der Waals surface area contributed by atoms with Gasteiger partial charge in [0.05, 0.1) is 29.7 Å². The van der Waals surface area contributed by atoms with Crippen LogP contribution in [-0.4, -0.2) is 36.3 Å². The van der Waals surface area contributed by atoms with Crippen LogP contribution < -0.4 is 15.5 Å². The lowest BCUT2D eigenvalue weighted by molar-refractivity contribution is -0.115. The van der Waals surface area contributed by atoms with Crippen molar-refractivity contribution in [1.29, 1.82) is 0 Å². The number of nitrogens with zero attached hydrogens (tertiary/aromatic N) is 1. The second-order valence-electron chi connectivity index (χ2n) is 11.4. The molecular weight excluding hydrogens is 647 g/mol. The van der Waals surface area contributed by atoms with Crippen molar-refractivity contribution < 1.29 is 19.1 Å². The number of ether oxygens (including phenoxy) is 1. The maximum atomic E-state index is 14.0. The molecule has 0 saturated heterocycles. The molecule has 4 aromatic rings. The van der Waals surface area contributed by atoms with Crippen molar-refractivity contribution in [1.82, 2.24) is 0 Å². The van der Waals surface area contributed by atoms with Gasteiger partial charge < -0.3 is 15.4 Å². The summed E-state index contributed by atoms with van der Waals surface area (Å²) in [4.78, 5) is 45.6. The number of hydrogen-bond acceptors (Lipinski definition) is 7. The van der Waals surface area contributed by atoms with Crippen LogP contribution in [0.5, 0.6) is 0 Å². The van der Waals surface area contributed by atoms with E-state index in [2.05, 4.69) is 22.8 Å². The standard InChI is InChI=1S/C37H33N3O4S3/c1-44-36(42)32-26-16-5-8-19-29(26)47-35(32)39-34(41)33(23-12-3-2-4-13-23)45-25-15-11-14-24(22-25)38-37(43)40-27-17-6-9-20-30(27)46-31-21-10-7-18-28(31)40/h2-4,6-7,9-15,17-18,20-22,27,30,33H,5,8,16,19H2,1H3,(H,38,43)(H,39,41). The Bertz CT molecular complexity index is 1890. The largest absolute Gasteiger partial charge is 0.465 e. The SMILES string of the molecule is COC(=O)c1c(NC(=O)C(Sc2cccc(NC(=O)N3c4ccccc4SC4C=CC=CC43)c2)c2ccccc2)sc2c1CCCC2. The van der Waals surface area contributed by atoms with Crippen LogP contribution in [0.15, 0.2) is 113 Å². The van der Waals surface area contributed by atoms with Gasteiger partial charge in [0.1, 0.15) is 10.3 Å². The maximum absolute atomic E-state index is 14.0. The van der Waals surface area contributed by atoms with Gasteiger partial charge in [-0.25, -0.2) is 9.59 Å². The second-order valence-corrected chi connectivity index (χ2v) is 14.9. The Labute approximate surface area is 286 Å². The van der Waals surface area contributed by atoms with Crippen molar-refractivity contribution >= 4 is 69.1 Å². The smallest absolute Gasteiger partial charge is 0.341 e. The molecule has 2 aliphatic carbocycles. The highest BCUT2D eigenvalue weighted by molar-refractivity contribution is 8.00. The van der Waals surface area contributed by atoms with Crippen molar-refractivity contribution in [3.63, 3.8) is 0 Å². The summed E-state index contributed by atoms with van der Waals surface area (Å²) >= 11 is 4.63. The number of aryl methyl sites for hydroxylation is 1. The fourth-order valence-corrected chi connectivity index (χ4v) is 9.86. The average Bonchev–Trinajstić information content (AvgIpc) is 3.47. The minimum Gasteiger partial charge on any atom is -0.465 e. The van der Waals surface area contributed by atoms with Gasteiger partial charge in [-0.05, 0) is 67.1 Å². The van der Waals surface area contributed by atoms with Crippen molar-refractivity contribution in [2.45, 2.75) is 52.0 Å². The lowest BCUT2D eigenvalue weighted by atomic mass is 9.95. The van der Waals surface area contributed by atoms with Gasteiger partial charge in [-0.3, -0.25) is 9.69 Å². The van der Waals surface area contributed by atoms with Crippen molar-refractivity contribution in [3.05, 3.63) is 125 Å². The molecule has 1 aliphatic heterocycles. The van der Waals surface area contributed by atoms with Crippen LogP contribution in [0.2, 0.25) is 0 Å². The number of amides is 3. The van der Waals surface area contributed by atoms with E-state index in [9.17, 15) is 14.4 Å². The topological polar surface area (TPSA) is 87.7 Å². The van der Waals surface area contributed by atoms with E-state index in [0.29, 0.717) is 16.3 Å². The van der Waals surface area contributed by atoms with Crippen LogP contribution in [0.1, 0.15) is 44.5 Å². The van der Waals surface area contributed by atoms with Crippen LogP contribution in [0.4, 0.5) is 21.2 Å². The number of allylic oxidation sites excluding steroid dienone is 2. The fourth-order valence-electron chi connectivity index (χ4n) is 6.24. The number of rotatable bonds is 7. The number of para-hydroxylation sites is 1. The van der Waals surface area contributed by atoms with Crippen LogP contribution in [0.25, 0.3) is 0 Å². The van der Waals surface area contributed by atoms with E-state index in [4.69, 9.17) is 4.74 Å². The number of carbonyl (C=O) groups is 3. The summed E-state index contributed by atoms with van der Waals surface area (Å²) in [7, 11) is 1.37. The Kier molecular flexibility index (Phi) is 9.24. The van der Waals surface area contributed by atoms with Gasteiger partial charge in [-0.2, -0.15) is 0 Å². The number of fused-ring (bicyclic) bond motifs is 3. The summed E-state index contributed by atoms with van der Waals surface area (Å²) in [6, 6.07) is 24.8. The highest BCUT2D eigenvalue weighted by Gasteiger charge is 2.37. The molecule has 0 saturated carbocycles. The van der Waals surface area contributed by atoms with Crippen molar-refractivity contribution in [2.75, 3.05) is 22.6 Å². The van der Waals surface area contributed by atoms with Crippen LogP contribution >= 0.6 is 34.9 Å². The van der Waals surface area contributed by atoms with Gasteiger partial charge in [0.15, 0.2) is 0 Å². The second kappa shape index (κ2) is 13.9. The fraction of sp³-hybridized carbons (Fsp3) is 0.216. The van der Waals surface area contributed by atoms with E-state index in [1.54, 1.807) is 11.8 Å². The number of anilines is 3. The van der Waals surface area contributed by atoms with Crippen LogP contribution in [-0.2, 0) is 22.4 Å². The van der Waals surface area contributed by atoms with E-state index in [1.165, 1.54) is 30.2 Å². The lowest BCUT2D eigenvalue weighted by Crippen LogP contribution is -2.49. The quantitative estimate of drug-likeness (QED) is 0.150. The van der Waals surface area contributed by atoms with Gasteiger partial charge in [0, 0.05) is 20.4 Å². The first kappa shape index (κ1) is 31.4. The molecule has 3 aliphatic rings. The van der Waals surface area contributed by atoms with Gasteiger partial charge >= 0.3 is 12.0 Å². The van der Waals surface area contributed by atoms with Gasteiger partial charge in [0.2, 0.25) is 5.91 Å². The highest BCUT2D eigenvalue weighted by atomic mass is 32.2. The zero-order valence-corrected chi connectivity index (χ0v) is 28.1. The molecule has 2 N–H and O–H groups in total. The molecule has 47 heavy (non-hydrogen) atoms. The first-order valence-corrected chi connectivity index (χ1v) is 18.1. The number of thioether (sulfide) groups is 2. The number of thiophene rings is 1. The molecule has 7 rings (SSSR count). The molecule has 0 bridgehead atoms. The molecule has 10 heteroatoms. The van der Waals surface area contributed by atoms with E-state index in [1.807, 2.05) is 95.9 Å². The van der Waals surface area contributed by atoms with Gasteiger partial charge in [0.25, 0.3) is 0 Å². The molecule has 7 nitrogen and oxygen atoms in total. The average molecular weight is 680 g/mol. The summed E-state index contributed by atoms with van der Waals surface area (Å²) < 4.78 is 5.13. The molecule has 3 aromatic carbocycles. The van der Waals surface area contributed by atoms with Crippen LogP contribution in [0, 0.1) is 0 Å². The predicted molar refractivity (Wildman–Crippen MR) is 192 cm³/mol. The van der Waals surface area contributed by atoms with Gasteiger partial charge in [-0.15, -0.1) is 34.9 Å². The number of esters is 1. The molecule has 0 fully saturated rings. The highest BCUT2D eigenvalue weighted by Crippen LogP contribution is 2.44. The number of urea groups is 1. The lowest BCUT2D eigenvalue weighted by Gasteiger charge is -2.40. The third kappa shape index (κ3) is 6.50. The molecule has 0 radical (unpaired) electrons. The number of methoxy groups -OCH3 is 1. The van der Waals surface area contributed by atoms with E-state index >= 15 is 0 Å². The van der Waals surface area contributed by atoms with Crippen LogP contribution in [0.3, 0.4) is 0 Å². The third-order valence-electron chi connectivity index (χ3n) is 8.44. The predicted octanol–water partition coefficient (Wildman–Crippen LogP) is 8.89. The molecule has 1 aromatic heterocycles.